The van der Waals surface area contributed by atoms with Gasteiger partial charge in [0.25, 0.3) is 11.2 Å². The van der Waals surface area contributed by atoms with Crippen LogP contribution in [0, 0.1) is 17.0 Å². The lowest BCUT2D eigenvalue weighted by Gasteiger charge is -2.08. The first-order chi connectivity index (χ1) is 7.07. The molecule has 0 saturated carbocycles. The molecule has 5 nitrogen and oxygen atoms in total. The van der Waals surface area contributed by atoms with Crippen LogP contribution < -0.4 is 5.56 Å². The lowest BCUT2D eigenvalue weighted by molar-refractivity contribution is -0.386. The summed E-state index contributed by atoms with van der Waals surface area (Å²) in [6, 6.07) is 2.51. The van der Waals surface area contributed by atoms with Gasteiger partial charge >= 0.3 is 0 Å². The molecule has 0 amide bonds. The summed E-state index contributed by atoms with van der Waals surface area (Å²) in [5, 5.41) is 10.6. The highest BCUT2D eigenvalue weighted by Crippen LogP contribution is 2.14. The number of rotatable bonds is 4. The first-order valence-electron chi connectivity index (χ1n) is 4.92. The minimum atomic E-state index is -0.461. The molecule has 0 fully saturated rings. The number of hydrogen-bond acceptors (Lipinski definition) is 3. The minimum absolute atomic E-state index is 0.00528. The zero-order valence-electron chi connectivity index (χ0n) is 8.90. The molecule has 0 spiro atoms. The van der Waals surface area contributed by atoms with Crippen LogP contribution in [-0.2, 0) is 6.54 Å². The standard InChI is InChI=1S/C10H14N2O3/c1-3-4-7-11-8(2)9(12(14)15)5-6-10(11)13/h5-6H,3-4,7H2,1-2H3. The second kappa shape index (κ2) is 4.72. The van der Waals surface area contributed by atoms with Crippen molar-refractivity contribution in [3.05, 3.63) is 38.3 Å². The molecule has 0 aromatic carbocycles. The predicted octanol–water partition coefficient (Wildman–Crippen LogP) is 1.87. The summed E-state index contributed by atoms with van der Waals surface area (Å²) in [4.78, 5) is 21.6. The van der Waals surface area contributed by atoms with E-state index in [0.29, 0.717) is 12.2 Å². The monoisotopic (exact) mass is 210 g/mol. The normalized spacial score (nSPS) is 10.3. The van der Waals surface area contributed by atoms with Crippen LogP contribution in [0.5, 0.6) is 0 Å². The number of hydrogen-bond donors (Lipinski definition) is 0. The van der Waals surface area contributed by atoms with Gasteiger partial charge in [0.2, 0.25) is 0 Å². The average molecular weight is 210 g/mol. The molecule has 0 aliphatic heterocycles. The number of nitro groups is 1. The summed E-state index contributed by atoms with van der Waals surface area (Å²) in [6.07, 6.45) is 1.80. The molecule has 1 heterocycles. The van der Waals surface area contributed by atoms with Gasteiger partial charge in [0.05, 0.1) is 10.6 Å². The molecule has 0 aliphatic carbocycles. The van der Waals surface area contributed by atoms with Crippen molar-refractivity contribution in [1.29, 1.82) is 0 Å². The van der Waals surface area contributed by atoms with E-state index in [-0.39, 0.29) is 11.2 Å². The lowest BCUT2D eigenvalue weighted by atomic mass is 10.2. The van der Waals surface area contributed by atoms with E-state index in [0.717, 1.165) is 12.8 Å². The van der Waals surface area contributed by atoms with Gasteiger partial charge in [-0.3, -0.25) is 14.9 Å². The predicted molar refractivity (Wildman–Crippen MR) is 57.0 cm³/mol. The Morgan fingerprint density at radius 1 is 1.47 bits per heavy atom. The minimum Gasteiger partial charge on any atom is -0.306 e. The van der Waals surface area contributed by atoms with Gasteiger partial charge in [-0.1, -0.05) is 13.3 Å². The molecular formula is C10H14N2O3. The van der Waals surface area contributed by atoms with E-state index in [1.54, 1.807) is 6.92 Å². The second-order valence-corrected chi connectivity index (χ2v) is 3.40. The van der Waals surface area contributed by atoms with E-state index in [4.69, 9.17) is 0 Å². The van der Waals surface area contributed by atoms with E-state index in [1.807, 2.05) is 6.92 Å². The maximum absolute atomic E-state index is 11.5. The Morgan fingerprint density at radius 2 is 2.13 bits per heavy atom. The molecule has 0 atom stereocenters. The van der Waals surface area contributed by atoms with Crippen molar-refractivity contribution in [3.63, 3.8) is 0 Å². The maximum Gasteiger partial charge on any atom is 0.288 e. The van der Waals surface area contributed by atoms with E-state index < -0.39 is 4.92 Å². The first-order valence-corrected chi connectivity index (χ1v) is 4.92. The van der Waals surface area contributed by atoms with Crippen LogP contribution in [0.15, 0.2) is 16.9 Å². The molecule has 0 N–H and O–H groups in total. The van der Waals surface area contributed by atoms with Crippen LogP contribution in [-0.4, -0.2) is 9.49 Å². The maximum atomic E-state index is 11.5. The highest BCUT2D eigenvalue weighted by Gasteiger charge is 2.14. The van der Waals surface area contributed by atoms with Crippen LogP contribution in [0.2, 0.25) is 0 Å². The van der Waals surface area contributed by atoms with Gasteiger partial charge in [0.15, 0.2) is 0 Å². The summed E-state index contributed by atoms with van der Waals surface area (Å²) in [7, 11) is 0. The Bertz CT molecular complexity index is 423. The van der Waals surface area contributed by atoms with Crippen molar-refractivity contribution < 1.29 is 4.92 Å². The highest BCUT2D eigenvalue weighted by atomic mass is 16.6. The molecule has 0 aliphatic rings. The van der Waals surface area contributed by atoms with Crippen LogP contribution >= 0.6 is 0 Å². The van der Waals surface area contributed by atoms with Crippen molar-refractivity contribution in [1.82, 2.24) is 4.57 Å². The third kappa shape index (κ3) is 2.43. The molecule has 15 heavy (non-hydrogen) atoms. The molecule has 0 unspecified atom stereocenters. The zero-order chi connectivity index (χ0) is 11.4. The molecular weight excluding hydrogens is 196 g/mol. The molecule has 5 heteroatoms. The van der Waals surface area contributed by atoms with Crippen molar-refractivity contribution in [2.45, 2.75) is 33.2 Å². The van der Waals surface area contributed by atoms with E-state index >= 15 is 0 Å². The summed E-state index contributed by atoms with van der Waals surface area (Å²) in [5.41, 5.74) is 0.262. The number of aromatic nitrogens is 1. The van der Waals surface area contributed by atoms with Crippen molar-refractivity contribution in [3.8, 4) is 0 Å². The zero-order valence-corrected chi connectivity index (χ0v) is 8.90. The van der Waals surface area contributed by atoms with Crippen LogP contribution in [0.4, 0.5) is 5.69 Å². The number of pyridine rings is 1. The summed E-state index contributed by atoms with van der Waals surface area (Å²) >= 11 is 0. The molecule has 1 aromatic heterocycles. The van der Waals surface area contributed by atoms with Gasteiger partial charge in [-0.05, 0) is 13.3 Å². The second-order valence-electron chi connectivity index (χ2n) is 3.40. The van der Waals surface area contributed by atoms with Crippen molar-refractivity contribution >= 4 is 5.69 Å². The summed E-state index contributed by atoms with van der Waals surface area (Å²) < 4.78 is 1.46. The van der Waals surface area contributed by atoms with Gasteiger partial charge in [0.1, 0.15) is 0 Å². The van der Waals surface area contributed by atoms with Crippen LogP contribution in [0.25, 0.3) is 0 Å². The third-order valence-electron chi connectivity index (χ3n) is 2.36. The van der Waals surface area contributed by atoms with Gasteiger partial charge in [-0.2, -0.15) is 0 Å². The Hall–Kier alpha value is -1.65. The van der Waals surface area contributed by atoms with Gasteiger partial charge in [0, 0.05) is 18.7 Å². The number of unbranched alkanes of at least 4 members (excludes halogenated alkanes) is 1. The smallest absolute Gasteiger partial charge is 0.288 e. The Morgan fingerprint density at radius 3 is 2.67 bits per heavy atom. The van der Waals surface area contributed by atoms with E-state index in [9.17, 15) is 14.9 Å². The molecule has 0 radical (unpaired) electrons. The topological polar surface area (TPSA) is 65.1 Å². The highest BCUT2D eigenvalue weighted by molar-refractivity contribution is 5.34. The Balaban J connectivity index is 3.18. The Labute approximate surface area is 87.5 Å². The Kier molecular flexibility index (Phi) is 3.60. The lowest BCUT2D eigenvalue weighted by Crippen LogP contribution is -2.22. The largest absolute Gasteiger partial charge is 0.306 e. The molecule has 1 rings (SSSR count). The number of nitrogens with zero attached hydrogens (tertiary/aromatic N) is 2. The van der Waals surface area contributed by atoms with Crippen molar-refractivity contribution in [2.75, 3.05) is 0 Å². The van der Waals surface area contributed by atoms with Crippen LogP contribution in [0.1, 0.15) is 25.5 Å². The molecule has 1 aromatic rings. The third-order valence-corrected chi connectivity index (χ3v) is 2.36. The fraction of sp³-hybridized carbons (Fsp3) is 0.500. The van der Waals surface area contributed by atoms with Gasteiger partial charge in [-0.25, -0.2) is 0 Å². The van der Waals surface area contributed by atoms with E-state index in [1.165, 1.54) is 16.7 Å². The summed E-state index contributed by atoms with van der Waals surface area (Å²) in [5.74, 6) is 0. The summed E-state index contributed by atoms with van der Waals surface area (Å²) in [6.45, 7) is 4.16. The molecule has 0 bridgehead atoms. The average Bonchev–Trinajstić information content (AvgIpc) is 2.17. The quantitative estimate of drug-likeness (QED) is 0.562. The van der Waals surface area contributed by atoms with Crippen molar-refractivity contribution in [2.24, 2.45) is 0 Å². The SMILES string of the molecule is CCCCn1c(C)c([N+](=O)[O-])ccc1=O. The van der Waals surface area contributed by atoms with Gasteiger partial charge in [-0.15, -0.1) is 0 Å². The van der Waals surface area contributed by atoms with Gasteiger partial charge < -0.3 is 4.57 Å². The molecule has 82 valence electrons. The fourth-order valence-electron chi connectivity index (χ4n) is 1.45. The first kappa shape index (κ1) is 11.4. The van der Waals surface area contributed by atoms with Crippen LogP contribution in [0.3, 0.4) is 0 Å². The van der Waals surface area contributed by atoms with E-state index in [2.05, 4.69) is 0 Å². The fourth-order valence-corrected chi connectivity index (χ4v) is 1.45. The molecule has 0 saturated heterocycles.